The summed E-state index contributed by atoms with van der Waals surface area (Å²) in [5.41, 5.74) is 2.28. The van der Waals surface area contributed by atoms with Crippen LogP contribution in [0, 0.1) is 11.8 Å². The largest absolute Gasteiger partial charge is 0.394 e. The summed E-state index contributed by atoms with van der Waals surface area (Å²) in [6.45, 7) is 2.75. The van der Waals surface area contributed by atoms with E-state index in [0.717, 1.165) is 11.1 Å². The molecule has 0 radical (unpaired) electrons. The van der Waals surface area contributed by atoms with Gasteiger partial charge in [0.15, 0.2) is 0 Å². The molecule has 9 heteroatoms. The lowest BCUT2D eigenvalue weighted by atomic mass is 9.74. The van der Waals surface area contributed by atoms with E-state index in [2.05, 4.69) is 6.08 Å². The van der Waals surface area contributed by atoms with Gasteiger partial charge in [-0.3, -0.25) is 14.4 Å². The Hall–Kier alpha value is -3.85. The van der Waals surface area contributed by atoms with E-state index in [1.165, 1.54) is 11.8 Å². The van der Waals surface area contributed by atoms with Crippen LogP contribution in [0.5, 0.6) is 0 Å². The predicted molar refractivity (Wildman–Crippen MR) is 177 cm³/mol. The van der Waals surface area contributed by atoms with Crippen LogP contribution >= 0.6 is 23.4 Å². The molecule has 2 fully saturated rings. The van der Waals surface area contributed by atoms with Crippen LogP contribution in [-0.4, -0.2) is 67.9 Å². The third kappa shape index (κ3) is 4.73. The number of rotatable bonds is 6. The quantitative estimate of drug-likeness (QED) is 0.372. The van der Waals surface area contributed by atoms with E-state index in [0.29, 0.717) is 23.8 Å². The number of aliphatic hydroxyl groups excluding tert-OH is 1. The number of likely N-dealkylation sites (tertiary alicyclic amines) is 1. The Labute approximate surface area is 272 Å². The van der Waals surface area contributed by atoms with Gasteiger partial charge < -0.3 is 19.8 Å². The van der Waals surface area contributed by atoms with Gasteiger partial charge in [-0.15, -0.1) is 11.8 Å². The lowest BCUT2D eigenvalue weighted by Gasteiger charge is -2.40. The number of carbonyl (C=O) groups excluding carboxylic acids is 3. The van der Waals surface area contributed by atoms with Crippen molar-refractivity contribution < 1.29 is 19.5 Å². The second-order valence-electron chi connectivity index (χ2n) is 12.3. The molecule has 0 saturated carbocycles. The molecule has 1 spiro atoms. The van der Waals surface area contributed by atoms with Crippen molar-refractivity contribution in [2.75, 3.05) is 24.6 Å². The maximum atomic E-state index is 15.0. The van der Waals surface area contributed by atoms with Gasteiger partial charge in [-0.1, -0.05) is 109 Å². The average molecular weight is 640 g/mol. The maximum Gasteiger partial charge on any atom is 0.251 e. The fraction of sp³-hybridized carbons (Fsp3) is 0.306. The Morgan fingerprint density at radius 1 is 0.844 bits per heavy atom. The molecule has 3 aromatic rings. The molecule has 4 aliphatic heterocycles. The van der Waals surface area contributed by atoms with E-state index in [4.69, 9.17) is 11.6 Å². The van der Waals surface area contributed by atoms with Crippen LogP contribution in [0.3, 0.4) is 0 Å². The first kappa shape index (κ1) is 29.8. The molecular weight excluding hydrogens is 606 g/mol. The highest BCUT2D eigenvalue weighted by Gasteiger charge is 2.74. The van der Waals surface area contributed by atoms with Crippen LogP contribution in [-0.2, 0) is 20.9 Å². The number of para-hydroxylation sites is 1. The van der Waals surface area contributed by atoms with Crippen LogP contribution in [0.4, 0.5) is 5.69 Å². The van der Waals surface area contributed by atoms with E-state index in [1.54, 1.807) is 21.9 Å². The van der Waals surface area contributed by atoms with Crippen molar-refractivity contribution in [1.82, 2.24) is 9.80 Å². The molecule has 3 aromatic carbocycles. The lowest BCUT2D eigenvalue weighted by Crippen LogP contribution is -2.54. The number of amides is 3. The number of nitrogens with zero attached hydrogens (tertiary/aromatic N) is 3. The summed E-state index contributed by atoms with van der Waals surface area (Å²) in [5.74, 6) is -2.24. The van der Waals surface area contributed by atoms with Gasteiger partial charge >= 0.3 is 0 Å². The summed E-state index contributed by atoms with van der Waals surface area (Å²) < 4.78 is -1.79. The average Bonchev–Trinajstić information content (AvgIpc) is 3.32. The first-order chi connectivity index (χ1) is 21.8. The van der Waals surface area contributed by atoms with Crippen molar-refractivity contribution in [3.05, 3.63) is 125 Å². The fourth-order valence-electron chi connectivity index (χ4n) is 7.71. The van der Waals surface area contributed by atoms with Gasteiger partial charge in [0, 0.05) is 24.4 Å². The molecule has 4 aliphatic rings. The molecule has 7 nitrogen and oxygen atoms in total. The number of carbonyl (C=O) groups is 3. The van der Waals surface area contributed by atoms with Crippen LogP contribution < -0.4 is 4.90 Å². The number of hydrogen-bond donors (Lipinski definition) is 1. The highest BCUT2D eigenvalue weighted by atomic mass is 35.5. The van der Waals surface area contributed by atoms with E-state index in [-0.39, 0.29) is 30.9 Å². The number of benzene rings is 3. The second kappa shape index (κ2) is 11.5. The normalized spacial score (nSPS) is 29.7. The highest BCUT2D eigenvalue weighted by molar-refractivity contribution is 8.02. The molecule has 2 saturated heterocycles. The van der Waals surface area contributed by atoms with Gasteiger partial charge in [0.2, 0.25) is 11.8 Å². The Bertz CT molecular complexity index is 1700. The summed E-state index contributed by atoms with van der Waals surface area (Å²) >= 11 is 8.15. The Morgan fingerprint density at radius 2 is 1.51 bits per heavy atom. The van der Waals surface area contributed by atoms with Crippen LogP contribution in [0.1, 0.15) is 24.1 Å². The summed E-state index contributed by atoms with van der Waals surface area (Å²) in [5, 5.41) is 11.3. The molecular formula is C36H34ClN3O4S. The minimum atomic E-state index is -1.05. The first-order valence-corrected chi connectivity index (χ1v) is 16.4. The summed E-state index contributed by atoms with van der Waals surface area (Å²) in [4.78, 5) is 49.5. The number of fused-ring (bicyclic) bond motifs is 2. The minimum absolute atomic E-state index is 0.108. The molecule has 4 heterocycles. The number of hydrogen-bond acceptors (Lipinski definition) is 5. The van der Waals surface area contributed by atoms with Crippen LogP contribution in [0.2, 0.25) is 5.02 Å². The van der Waals surface area contributed by atoms with Crippen molar-refractivity contribution in [2.24, 2.45) is 11.8 Å². The molecule has 3 amide bonds. The molecule has 0 aromatic heterocycles. The van der Waals surface area contributed by atoms with E-state index < -0.39 is 33.4 Å². The van der Waals surface area contributed by atoms with Crippen molar-refractivity contribution in [3.8, 4) is 0 Å². The SMILES string of the molecule is C[C@@]12C=CCN(Cc3ccccc3)C(=O)[C@@H]1[C@H]1C(=O)N([C@H](CO)c3ccccc3)C3C(=O)N(c4ccccc4Cl)CC=C[C@@]31S2. The maximum absolute atomic E-state index is 15.0. The number of anilines is 1. The minimum Gasteiger partial charge on any atom is -0.394 e. The predicted octanol–water partition coefficient (Wildman–Crippen LogP) is 5.26. The van der Waals surface area contributed by atoms with Gasteiger partial charge in [0.1, 0.15) is 6.04 Å². The van der Waals surface area contributed by atoms with Crippen LogP contribution in [0.25, 0.3) is 0 Å². The first-order valence-electron chi connectivity index (χ1n) is 15.2. The second-order valence-corrected chi connectivity index (χ2v) is 14.5. The van der Waals surface area contributed by atoms with Crippen molar-refractivity contribution in [1.29, 1.82) is 0 Å². The fourth-order valence-corrected chi connectivity index (χ4v) is 10.1. The van der Waals surface area contributed by atoms with Gasteiger partial charge in [0.25, 0.3) is 5.91 Å². The smallest absolute Gasteiger partial charge is 0.251 e. The van der Waals surface area contributed by atoms with Gasteiger partial charge in [0.05, 0.1) is 39.9 Å². The van der Waals surface area contributed by atoms with Crippen LogP contribution in [0.15, 0.2) is 109 Å². The number of aliphatic hydroxyl groups is 1. The Morgan fingerprint density at radius 3 is 2.22 bits per heavy atom. The summed E-state index contributed by atoms with van der Waals surface area (Å²) in [6.07, 6.45) is 7.99. The molecule has 45 heavy (non-hydrogen) atoms. The van der Waals surface area contributed by atoms with E-state index >= 15 is 0 Å². The number of thioether (sulfide) groups is 1. The topological polar surface area (TPSA) is 81.2 Å². The summed E-state index contributed by atoms with van der Waals surface area (Å²) in [7, 11) is 0. The standard InChI is InChI=1S/C36H34ClN3O4S/c1-35-18-10-20-38(22-24-12-4-2-5-13-24)32(42)29(35)30-33(43)40(28(23-41)25-14-6-3-7-15-25)31-34(44)39(21-11-19-36(30,31)45-35)27-17-9-8-16-26(27)37/h2-19,28-31,41H,20-23H2,1H3/t28-,29+,30+,31?,35-,36+/m1/s1. The van der Waals surface area contributed by atoms with Gasteiger partial charge in [-0.2, -0.15) is 0 Å². The van der Waals surface area contributed by atoms with Gasteiger partial charge in [-0.05, 0) is 30.2 Å². The van der Waals surface area contributed by atoms with E-state index in [1.807, 2.05) is 103 Å². The number of halogens is 1. The molecule has 1 unspecified atom stereocenters. The molecule has 7 rings (SSSR count). The highest BCUT2D eigenvalue weighted by Crippen LogP contribution is 2.66. The lowest BCUT2D eigenvalue weighted by molar-refractivity contribution is -0.145. The van der Waals surface area contributed by atoms with Gasteiger partial charge in [-0.25, -0.2) is 0 Å². The monoisotopic (exact) mass is 639 g/mol. The van der Waals surface area contributed by atoms with E-state index in [9.17, 15) is 19.5 Å². The molecule has 230 valence electrons. The van der Waals surface area contributed by atoms with Crippen molar-refractivity contribution in [3.63, 3.8) is 0 Å². The molecule has 6 atom stereocenters. The zero-order valence-corrected chi connectivity index (χ0v) is 26.4. The summed E-state index contributed by atoms with van der Waals surface area (Å²) in [6, 6.07) is 24.5. The van der Waals surface area contributed by atoms with Crippen molar-refractivity contribution >= 4 is 46.8 Å². The Balaban J connectivity index is 1.37. The Kier molecular flexibility index (Phi) is 7.63. The third-order valence-corrected chi connectivity index (χ3v) is 11.7. The zero-order chi connectivity index (χ0) is 31.3. The zero-order valence-electron chi connectivity index (χ0n) is 24.8. The molecule has 1 N–H and O–H groups in total. The molecule has 0 aliphatic carbocycles. The molecule has 0 bridgehead atoms. The third-order valence-electron chi connectivity index (χ3n) is 9.63. The van der Waals surface area contributed by atoms with Crippen molar-refractivity contribution in [2.45, 2.75) is 35.0 Å².